The number of aromatic nitrogens is 1. The summed E-state index contributed by atoms with van der Waals surface area (Å²) in [6, 6.07) is 17.7. The zero-order valence-electron chi connectivity index (χ0n) is 22.1. The van der Waals surface area contributed by atoms with Crippen LogP contribution in [0.2, 0.25) is 0 Å². The largest absolute Gasteiger partial charge is 0.448 e. The van der Waals surface area contributed by atoms with Gasteiger partial charge < -0.3 is 20.2 Å². The second kappa shape index (κ2) is 13.2. The van der Waals surface area contributed by atoms with Crippen LogP contribution in [0.3, 0.4) is 0 Å². The number of rotatable bonds is 11. The monoisotopic (exact) mass is 625 g/mol. The van der Waals surface area contributed by atoms with E-state index in [9.17, 15) is 19.2 Å². The summed E-state index contributed by atoms with van der Waals surface area (Å²) in [5, 5.41) is 10.1. The highest BCUT2D eigenvalue weighted by atomic mass is 35.5. The third-order valence-electron chi connectivity index (χ3n) is 6.44. The predicted octanol–water partition coefficient (Wildman–Crippen LogP) is 3.29. The summed E-state index contributed by atoms with van der Waals surface area (Å²) in [4.78, 5) is 61.3. The standard InChI is InChI=1S/C28H24ClN5O6S2/c1-39-33-20(19-14-42-28(31-19)30-15-35)24(36)32-21-25(37)34-22(18(12-29)13-41-26(21)34)27(38)40-23(16-8-4-2-5-9-16)17-10-6-3-7-11-17/h2-11,14-15,21,23,26H,12-13H2,1H3,(H,32,36)(H,30,31,35)/b33-20-/t21?,26-/m1/s1. The van der Waals surface area contributed by atoms with E-state index in [1.54, 1.807) is 0 Å². The lowest BCUT2D eigenvalue weighted by Gasteiger charge is -2.49. The van der Waals surface area contributed by atoms with Gasteiger partial charge in [0.15, 0.2) is 16.9 Å². The van der Waals surface area contributed by atoms with Gasteiger partial charge in [-0.2, -0.15) is 0 Å². The first-order valence-corrected chi connectivity index (χ1v) is 15.0. The Bertz CT molecular complexity index is 1510. The van der Waals surface area contributed by atoms with Crippen molar-refractivity contribution >= 4 is 69.7 Å². The summed E-state index contributed by atoms with van der Waals surface area (Å²) >= 11 is 8.68. The summed E-state index contributed by atoms with van der Waals surface area (Å²) in [5.41, 5.74) is 2.15. The highest BCUT2D eigenvalue weighted by Gasteiger charge is 2.55. The highest BCUT2D eigenvalue weighted by Crippen LogP contribution is 2.42. The van der Waals surface area contributed by atoms with E-state index in [1.165, 1.54) is 29.2 Å². The maximum Gasteiger partial charge on any atom is 0.356 e. The van der Waals surface area contributed by atoms with E-state index >= 15 is 0 Å². The number of nitrogens with zero attached hydrogens (tertiary/aromatic N) is 3. The number of carbonyl (C=O) groups is 4. The van der Waals surface area contributed by atoms with Crippen LogP contribution in [0.4, 0.5) is 5.13 Å². The fourth-order valence-corrected chi connectivity index (χ4v) is 6.86. The summed E-state index contributed by atoms with van der Waals surface area (Å²) in [6.45, 7) is 0. The summed E-state index contributed by atoms with van der Waals surface area (Å²) in [5.74, 6) is -1.50. The molecule has 14 heteroatoms. The minimum Gasteiger partial charge on any atom is -0.448 e. The van der Waals surface area contributed by atoms with Gasteiger partial charge in [-0.3, -0.25) is 19.3 Å². The molecule has 11 nitrogen and oxygen atoms in total. The number of carbonyl (C=O) groups excluding carboxylic acids is 4. The Morgan fingerprint density at radius 3 is 2.43 bits per heavy atom. The minimum absolute atomic E-state index is 0.0257. The van der Waals surface area contributed by atoms with Gasteiger partial charge in [-0.25, -0.2) is 9.78 Å². The van der Waals surface area contributed by atoms with Crippen LogP contribution in [0.25, 0.3) is 0 Å². The second-order valence-electron chi connectivity index (χ2n) is 8.98. The molecule has 2 aliphatic rings. The number of amides is 3. The molecule has 3 amide bonds. The van der Waals surface area contributed by atoms with Crippen LogP contribution in [0.15, 0.2) is 82.5 Å². The highest BCUT2D eigenvalue weighted by molar-refractivity contribution is 8.00. The van der Waals surface area contributed by atoms with Crippen molar-refractivity contribution in [3.8, 4) is 0 Å². The van der Waals surface area contributed by atoms with E-state index in [2.05, 4.69) is 20.8 Å². The number of thiazole rings is 1. The van der Waals surface area contributed by atoms with Crippen molar-refractivity contribution in [3.63, 3.8) is 0 Å². The number of ether oxygens (including phenoxy) is 1. The van der Waals surface area contributed by atoms with Gasteiger partial charge in [-0.05, 0) is 16.7 Å². The van der Waals surface area contributed by atoms with Gasteiger partial charge >= 0.3 is 5.97 Å². The molecule has 0 radical (unpaired) electrons. The molecule has 2 aromatic carbocycles. The van der Waals surface area contributed by atoms with Gasteiger partial charge in [0.25, 0.3) is 11.8 Å². The minimum atomic E-state index is -0.950. The molecule has 2 atom stereocenters. The topological polar surface area (TPSA) is 139 Å². The van der Waals surface area contributed by atoms with Crippen molar-refractivity contribution in [3.05, 3.63) is 94.1 Å². The number of alkyl halides is 1. The summed E-state index contributed by atoms with van der Waals surface area (Å²) in [6.07, 6.45) is -0.251. The lowest BCUT2D eigenvalue weighted by molar-refractivity contribution is -0.154. The molecule has 1 saturated heterocycles. The molecular weight excluding hydrogens is 602 g/mol. The molecule has 5 rings (SSSR count). The lowest BCUT2D eigenvalue weighted by atomic mass is 10.0. The first-order chi connectivity index (χ1) is 20.5. The zero-order valence-corrected chi connectivity index (χ0v) is 24.4. The molecule has 0 bridgehead atoms. The number of β-lactam (4-membered cyclic amide) rings is 1. The smallest absolute Gasteiger partial charge is 0.356 e. The SMILES string of the molecule is CO/N=C(\C(=O)NC1C(=O)N2C(C(=O)OC(c3ccccc3)c3ccccc3)=C(CCl)CS[C@H]12)c1csc(NC=O)n1. The van der Waals surface area contributed by atoms with E-state index in [0.29, 0.717) is 17.7 Å². The second-order valence-corrected chi connectivity index (χ2v) is 11.2. The Labute approximate surface area is 253 Å². The van der Waals surface area contributed by atoms with E-state index in [-0.39, 0.29) is 28.1 Å². The summed E-state index contributed by atoms with van der Waals surface area (Å²) < 4.78 is 6.04. The van der Waals surface area contributed by atoms with E-state index in [0.717, 1.165) is 22.5 Å². The van der Waals surface area contributed by atoms with Crippen molar-refractivity contribution in [1.29, 1.82) is 0 Å². The van der Waals surface area contributed by atoms with Crippen LogP contribution in [-0.4, -0.2) is 69.9 Å². The number of hydrogen-bond donors (Lipinski definition) is 2. The number of benzene rings is 2. The van der Waals surface area contributed by atoms with Crippen LogP contribution in [0, 0.1) is 0 Å². The Kier molecular flexibility index (Phi) is 9.20. The third kappa shape index (κ3) is 5.89. The number of anilines is 1. The van der Waals surface area contributed by atoms with Crippen LogP contribution in [0.5, 0.6) is 0 Å². The first kappa shape index (κ1) is 29.3. The van der Waals surface area contributed by atoms with Crippen LogP contribution >= 0.6 is 34.7 Å². The van der Waals surface area contributed by atoms with Gasteiger partial charge in [-0.15, -0.1) is 34.7 Å². The third-order valence-corrected chi connectivity index (χ3v) is 8.88. The van der Waals surface area contributed by atoms with Crippen LogP contribution in [0.1, 0.15) is 22.9 Å². The first-order valence-electron chi connectivity index (χ1n) is 12.6. The van der Waals surface area contributed by atoms with Gasteiger partial charge in [0.05, 0.1) is 0 Å². The number of nitrogens with one attached hydrogen (secondary N) is 2. The molecule has 1 aromatic heterocycles. The number of thioether (sulfide) groups is 1. The molecule has 2 aliphatic heterocycles. The molecule has 1 fully saturated rings. The molecule has 0 spiro atoms. The van der Waals surface area contributed by atoms with Crippen molar-refractivity contribution in [2.45, 2.75) is 17.5 Å². The number of halogens is 1. The molecule has 216 valence electrons. The molecule has 0 aliphatic carbocycles. The molecule has 2 N–H and O–H groups in total. The fraction of sp³-hybridized carbons (Fsp3) is 0.214. The average molecular weight is 626 g/mol. The number of oxime groups is 1. The molecule has 3 heterocycles. The number of fused-ring (bicyclic) bond motifs is 1. The van der Waals surface area contributed by atoms with E-state index in [1.807, 2.05) is 60.7 Å². The quantitative estimate of drug-likeness (QED) is 0.0827. The van der Waals surface area contributed by atoms with Crippen molar-refractivity contribution in [2.24, 2.45) is 5.16 Å². The zero-order chi connectivity index (χ0) is 29.6. The molecular formula is C28H24ClN5O6S2. The van der Waals surface area contributed by atoms with Crippen LogP contribution < -0.4 is 10.6 Å². The number of esters is 1. The van der Waals surface area contributed by atoms with Crippen molar-refractivity contribution in [2.75, 3.05) is 24.1 Å². The Morgan fingerprint density at radius 2 is 1.83 bits per heavy atom. The van der Waals surface area contributed by atoms with Crippen molar-refractivity contribution < 1.29 is 28.8 Å². The van der Waals surface area contributed by atoms with E-state index < -0.39 is 35.3 Å². The maximum atomic E-state index is 13.7. The normalized spacial score (nSPS) is 18.2. The lowest BCUT2D eigenvalue weighted by Crippen LogP contribution is -2.71. The molecule has 1 unspecified atom stereocenters. The molecule has 3 aromatic rings. The number of hydrogen-bond acceptors (Lipinski definition) is 10. The van der Waals surface area contributed by atoms with Gasteiger partial charge in [0.2, 0.25) is 6.41 Å². The fourth-order valence-electron chi connectivity index (χ4n) is 4.53. The van der Waals surface area contributed by atoms with Crippen LogP contribution in [-0.2, 0) is 28.8 Å². The van der Waals surface area contributed by atoms with Gasteiger partial charge in [0.1, 0.15) is 29.9 Å². The van der Waals surface area contributed by atoms with Gasteiger partial charge in [-0.1, -0.05) is 65.8 Å². The Hall–Kier alpha value is -4.20. The Morgan fingerprint density at radius 1 is 1.17 bits per heavy atom. The molecule has 42 heavy (non-hydrogen) atoms. The molecule has 0 saturated carbocycles. The Balaban J connectivity index is 1.36. The average Bonchev–Trinajstić information content (AvgIpc) is 3.49. The maximum absolute atomic E-state index is 13.7. The summed E-state index contributed by atoms with van der Waals surface area (Å²) in [7, 11) is 1.27. The van der Waals surface area contributed by atoms with Crippen molar-refractivity contribution in [1.82, 2.24) is 15.2 Å². The van der Waals surface area contributed by atoms with E-state index in [4.69, 9.17) is 21.2 Å². The van der Waals surface area contributed by atoms with Gasteiger partial charge in [0, 0.05) is 17.0 Å². The predicted molar refractivity (Wildman–Crippen MR) is 159 cm³/mol.